The Hall–Kier alpha value is -1.87. The minimum Gasteiger partial charge on any atom is -0.352 e. The van der Waals surface area contributed by atoms with Gasteiger partial charge in [-0.3, -0.25) is 0 Å². The molecule has 0 bridgehead atoms. The van der Waals surface area contributed by atoms with Gasteiger partial charge in [0.05, 0.1) is 33.3 Å². The summed E-state index contributed by atoms with van der Waals surface area (Å²) in [6, 6.07) is 5.30. The molecule has 2 N–H and O–H groups in total. The van der Waals surface area contributed by atoms with E-state index in [4.69, 9.17) is 33.3 Å². The van der Waals surface area contributed by atoms with E-state index in [1.54, 1.807) is 18.6 Å². The number of aromatic nitrogens is 3. The molecule has 1 aliphatic heterocycles. The maximum absolute atomic E-state index is 11.7. The summed E-state index contributed by atoms with van der Waals surface area (Å²) in [6.07, 6.45) is 7.85. The van der Waals surface area contributed by atoms with Gasteiger partial charge in [-0.1, -0.05) is 23.2 Å². The smallest absolute Gasteiger partial charge is 0.211 e. The Morgan fingerprint density at radius 3 is 2.79 bits per heavy atom. The number of benzene rings is 1. The first kappa shape index (κ1) is 19.4. The van der Waals surface area contributed by atoms with E-state index in [-0.39, 0.29) is 11.8 Å². The zero-order chi connectivity index (χ0) is 19.9. The maximum atomic E-state index is 11.7. The fraction of sp³-hybridized carbons (Fsp3) is 0.333. The number of imidazole rings is 1. The molecule has 0 spiro atoms. The van der Waals surface area contributed by atoms with Gasteiger partial charge in [0.15, 0.2) is 0 Å². The molecule has 28 heavy (non-hydrogen) atoms. The summed E-state index contributed by atoms with van der Waals surface area (Å²) in [4.78, 5) is 10.9. The van der Waals surface area contributed by atoms with Crippen LogP contribution in [0.2, 0.25) is 10.0 Å². The highest BCUT2D eigenvalue weighted by atomic mass is 35.5. The number of piperidine rings is 1. The van der Waals surface area contributed by atoms with Gasteiger partial charge in [0, 0.05) is 36.4 Å². The Morgan fingerprint density at radius 2 is 2.07 bits per heavy atom. The predicted molar refractivity (Wildman–Crippen MR) is 112 cm³/mol. The zero-order valence-electron chi connectivity index (χ0n) is 14.9. The van der Waals surface area contributed by atoms with Crippen molar-refractivity contribution in [1.82, 2.24) is 14.5 Å². The molecule has 1 fully saturated rings. The Labute approximate surface area is 173 Å². The minimum absolute atomic E-state index is 0.115. The summed E-state index contributed by atoms with van der Waals surface area (Å²) in [5.74, 6) is 0.532. The normalized spacial score (nSPS) is 18.0. The summed E-state index contributed by atoms with van der Waals surface area (Å²) in [5, 5.41) is 6.93. The van der Waals surface area contributed by atoms with E-state index >= 15 is 0 Å². The molecular formula is C18H19Cl2N5O2S. The van der Waals surface area contributed by atoms with Crippen LogP contribution in [-0.2, 0) is 10.0 Å². The van der Waals surface area contributed by atoms with Crippen LogP contribution in [0.1, 0.15) is 19.3 Å². The molecule has 3 aromatic rings. The number of primary sulfonamides is 1. The zero-order valence-corrected chi connectivity index (χ0v) is 17.3. The van der Waals surface area contributed by atoms with Crippen molar-refractivity contribution < 1.29 is 8.42 Å². The second-order valence-electron chi connectivity index (χ2n) is 6.90. The third-order valence-corrected chi connectivity index (χ3v) is 6.61. The lowest BCUT2D eigenvalue weighted by molar-refractivity contribution is 0.477. The van der Waals surface area contributed by atoms with Crippen LogP contribution in [0.25, 0.3) is 16.6 Å². The highest BCUT2D eigenvalue weighted by Crippen LogP contribution is 2.36. The van der Waals surface area contributed by atoms with Crippen LogP contribution in [0.5, 0.6) is 0 Å². The Morgan fingerprint density at radius 1 is 1.25 bits per heavy atom. The first-order valence-corrected chi connectivity index (χ1v) is 11.3. The summed E-state index contributed by atoms with van der Waals surface area (Å²) in [7, 11) is -3.61. The minimum atomic E-state index is -3.61. The van der Waals surface area contributed by atoms with E-state index in [2.05, 4.69) is 4.98 Å². The lowest BCUT2D eigenvalue weighted by Crippen LogP contribution is -2.45. The average Bonchev–Trinajstić information content (AvgIpc) is 3.18. The van der Waals surface area contributed by atoms with Crippen LogP contribution in [0.15, 0.2) is 36.9 Å². The maximum Gasteiger partial charge on any atom is 0.211 e. The molecule has 1 saturated heterocycles. The van der Waals surface area contributed by atoms with Gasteiger partial charge in [0.1, 0.15) is 5.82 Å². The van der Waals surface area contributed by atoms with Crippen LogP contribution in [0.4, 0.5) is 5.82 Å². The number of fused-ring (bicyclic) bond motifs is 1. The summed E-state index contributed by atoms with van der Waals surface area (Å²) >= 11 is 12.7. The van der Waals surface area contributed by atoms with Gasteiger partial charge in [0.2, 0.25) is 10.0 Å². The number of hydrogen-bond acceptors (Lipinski definition) is 5. The molecule has 7 nitrogen and oxygen atoms in total. The summed E-state index contributed by atoms with van der Waals surface area (Å²) < 4.78 is 25.3. The summed E-state index contributed by atoms with van der Waals surface area (Å²) in [6.45, 7) is 0.695. The molecule has 0 saturated carbocycles. The fourth-order valence-electron chi connectivity index (χ4n) is 3.71. The largest absolute Gasteiger partial charge is 0.352 e. The monoisotopic (exact) mass is 439 g/mol. The molecule has 1 aromatic carbocycles. The number of rotatable bonds is 4. The van der Waals surface area contributed by atoms with Gasteiger partial charge in [0.25, 0.3) is 0 Å². The van der Waals surface area contributed by atoms with Crippen LogP contribution in [0.3, 0.4) is 0 Å². The quantitative estimate of drug-likeness (QED) is 0.672. The van der Waals surface area contributed by atoms with E-state index in [0.29, 0.717) is 27.9 Å². The molecule has 1 unspecified atom stereocenters. The van der Waals surface area contributed by atoms with Crippen LogP contribution < -0.4 is 10.0 Å². The van der Waals surface area contributed by atoms with E-state index in [9.17, 15) is 8.42 Å². The third kappa shape index (κ3) is 3.82. The van der Waals surface area contributed by atoms with Gasteiger partial charge in [-0.05, 0) is 31.4 Å². The van der Waals surface area contributed by atoms with E-state index in [1.807, 2.05) is 27.8 Å². The number of nitrogens with two attached hydrogens (primary N) is 1. The molecule has 3 heterocycles. The molecule has 10 heteroatoms. The van der Waals surface area contributed by atoms with E-state index in [0.717, 1.165) is 30.3 Å². The Kier molecular flexibility index (Phi) is 5.22. The molecule has 0 aliphatic carbocycles. The van der Waals surface area contributed by atoms with Crippen LogP contribution in [0, 0.1) is 0 Å². The van der Waals surface area contributed by atoms with Gasteiger partial charge in [-0.25, -0.2) is 23.5 Å². The molecule has 148 valence electrons. The highest BCUT2D eigenvalue weighted by Gasteiger charge is 2.28. The number of hydrogen-bond donors (Lipinski definition) is 1. The highest BCUT2D eigenvalue weighted by molar-refractivity contribution is 7.89. The number of nitrogens with zero attached hydrogens (tertiary/aromatic N) is 4. The average molecular weight is 440 g/mol. The predicted octanol–water partition coefficient (Wildman–Crippen LogP) is 3.37. The van der Waals surface area contributed by atoms with Gasteiger partial charge < -0.3 is 9.47 Å². The second kappa shape index (κ2) is 7.51. The lowest BCUT2D eigenvalue weighted by atomic mass is 10.0. The second-order valence-corrected chi connectivity index (χ2v) is 9.34. The van der Waals surface area contributed by atoms with Crippen molar-refractivity contribution in [2.75, 3.05) is 17.2 Å². The Balaban J connectivity index is 1.90. The van der Waals surface area contributed by atoms with E-state index in [1.165, 1.54) is 0 Å². The van der Waals surface area contributed by atoms with Crippen molar-refractivity contribution in [1.29, 1.82) is 0 Å². The van der Waals surface area contributed by atoms with Crippen LogP contribution in [-0.4, -0.2) is 41.3 Å². The first-order valence-electron chi connectivity index (χ1n) is 8.88. The molecule has 0 amide bonds. The molecule has 2 aromatic heterocycles. The van der Waals surface area contributed by atoms with Crippen molar-refractivity contribution in [3.05, 3.63) is 47.0 Å². The third-order valence-electron chi connectivity index (χ3n) is 4.97. The van der Waals surface area contributed by atoms with Gasteiger partial charge in [-0.15, -0.1) is 0 Å². The van der Waals surface area contributed by atoms with Crippen molar-refractivity contribution in [3.63, 3.8) is 0 Å². The standard InChI is InChI=1S/C18H19Cl2N5O2S/c19-14-5-4-13-15(24-8-6-22-11-24)9-16(23-18(13)17(14)20)25-7-2-1-3-12(25)10-28(21,26)27/h4-6,8-9,11-12H,1-3,7,10H2,(H2,21,26,27). The van der Waals surface area contributed by atoms with Gasteiger partial charge in [-0.2, -0.15) is 0 Å². The topological polar surface area (TPSA) is 94.1 Å². The number of halogens is 2. The number of anilines is 1. The van der Waals surface area contributed by atoms with E-state index < -0.39 is 10.0 Å². The van der Waals surface area contributed by atoms with Crippen molar-refractivity contribution >= 4 is 49.9 Å². The van der Waals surface area contributed by atoms with Crippen molar-refractivity contribution in [2.24, 2.45) is 5.14 Å². The SMILES string of the molecule is NS(=O)(=O)CC1CCCCN1c1cc(-n2ccnc2)c2ccc(Cl)c(Cl)c2n1. The molecule has 0 radical (unpaired) electrons. The summed E-state index contributed by atoms with van der Waals surface area (Å²) in [5.41, 5.74) is 1.41. The molecule has 4 rings (SSSR count). The van der Waals surface area contributed by atoms with Crippen molar-refractivity contribution in [3.8, 4) is 5.69 Å². The fourth-order valence-corrected chi connectivity index (χ4v) is 4.95. The molecule has 1 aliphatic rings. The Bertz CT molecular complexity index is 1120. The van der Waals surface area contributed by atoms with Gasteiger partial charge >= 0.3 is 0 Å². The number of pyridine rings is 1. The first-order chi connectivity index (χ1) is 13.3. The lowest BCUT2D eigenvalue weighted by Gasteiger charge is -2.36. The van der Waals surface area contributed by atoms with Crippen LogP contribution >= 0.6 is 23.2 Å². The number of sulfonamides is 1. The van der Waals surface area contributed by atoms with Crippen molar-refractivity contribution in [2.45, 2.75) is 25.3 Å². The molecule has 1 atom stereocenters. The molecular weight excluding hydrogens is 421 g/mol.